The highest BCUT2D eigenvalue weighted by Crippen LogP contribution is 2.22. The first-order valence-corrected chi connectivity index (χ1v) is 6.64. The number of carbonyl (C=O) groups is 1. The first kappa shape index (κ1) is 13.5. The maximum Gasteiger partial charge on any atom is 0.220 e. The van der Waals surface area contributed by atoms with Gasteiger partial charge in [-0.2, -0.15) is 0 Å². The van der Waals surface area contributed by atoms with E-state index in [1.54, 1.807) is 0 Å². The molecule has 3 nitrogen and oxygen atoms in total. The van der Waals surface area contributed by atoms with Crippen molar-refractivity contribution < 1.29 is 9.90 Å². The second kappa shape index (κ2) is 7.66. The van der Waals surface area contributed by atoms with E-state index in [0.29, 0.717) is 18.4 Å². The molecule has 1 fully saturated rings. The molecule has 0 bridgehead atoms. The fraction of sp³-hybridized carbons (Fsp3) is 0.923. The Morgan fingerprint density at radius 3 is 2.75 bits per heavy atom. The van der Waals surface area contributed by atoms with Crippen LogP contribution in [0.1, 0.15) is 58.3 Å². The second-order valence-electron chi connectivity index (χ2n) is 4.97. The van der Waals surface area contributed by atoms with Gasteiger partial charge < -0.3 is 10.4 Å². The van der Waals surface area contributed by atoms with Gasteiger partial charge in [0.25, 0.3) is 0 Å². The Kier molecular flexibility index (Phi) is 6.46. The van der Waals surface area contributed by atoms with Crippen LogP contribution < -0.4 is 5.32 Å². The molecule has 16 heavy (non-hydrogen) atoms. The van der Waals surface area contributed by atoms with Crippen molar-refractivity contribution in [1.29, 1.82) is 0 Å². The van der Waals surface area contributed by atoms with Gasteiger partial charge in [-0.05, 0) is 31.6 Å². The molecule has 0 radical (unpaired) electrons. The maximum atomic E-state index is 11.7. The number of unbranched alkanes of at least 4 members (excludes halogenated alkanes) is 1. The van der Waals surface area contributed by atoms with E-state index in [-0.39, 0.29) is 12.5 Å². The van der Waals surface area contributed by atoms with Gasteiger partial charge in [0.15, 0.2) is 0 Å². The van der Waals surface area contributed by atoms with Crippen LogP contribution in [0.3, 0.4) is 0 Å². The van der Waals surface area contributed by atoms with Crippen molar-refractivity contribution in [3.63, 3.8) is 0 Å². The van der Waals surface area contributed by atoms with Gasteiger partial charge in [0.1, 0.15) is 0 Å². The summed E-state index contributed by atoms with van der Waals surface area (Å²) in [4.78, 5) is 11.7. The standard InChI is InChI=1S/C13H25NO2/c1-11-7-3-2-4-8-12(11)14-13(16)9-5-6-10-15/h11-12,15H,2-10H2,1H3,(H,14,16). The van der Waals surface area contributed by atoms with Crippen LogP contribution in [0.5, 0.6) is 0 Å². The molecule has 1 saturated carbocycles. The molecule has 94 valence electrons. The minimum atomic E-state index is 0.159. The molecular formula is C13H25NO2. The predicted molar refractivity (Wildman–Crippen MR) is 65.1 cm³/mol. The zero-order valence-corrected chi connectivity index (χ0v) is 10.4. The van der Waals surface area contributed by atoms with E-state index in [0.717, 1.165) is 19.3 Å². The highest BCUT2D eigenvalue weighted by atomic mass is 16.2. The third-order valence-corrected chi connectivity index (χ3v) is 3.52. The molecule has 0 spiro atoms. The van der Waals surface area contributed by atoms with Crippen molar-refractivity contribution in [2.24, 2.45) is 5.92 Å². The van der Waals surface area contributed by atoms with Crippen LogP contribution in [0.2, 0.25) is 0 Å². The van der Waals surface area contributed by atoms with Crippen LogP contribution >= 0.6 is 0 Å². The van der Waals surface area contributed by atoms with Crippen molar-refractivity contribution >= 4 is 5.91 Å². The number of hydrogen-bond acceptors (Lipinski definition) is 2. The molecule has 1 aliphatic rings. The molecule has 0 saturated heterocycles. The Hall–Kier alpha value is -0.570. The van der Waals surface area contributed by atoms with Gasteiger partial charge in [-0.15, -0.1) is 0 Å². The number of nitrogens with one attached hydrogen (secondary N) is 1. The summed E-state index contributed by atoms with van der Waals surface area (Å²) in [6.45, 7) is 2.43. The van der Waals surface area contributed by atoms with E-state index in [9.17, 15) is 4.79 Å². The lowest BCUT2D eigenvalue weighted by atomic mass is 9.97. The van der Waals surface area contributed by atoms with Crippen LogP contribution in [0.25, 0.3) is 0 Å². The summed E-state index contributed by atoms with van der Waals surface area (Å²) >= 11 is 0. The summed E-state index contributed by atoms with van der Waals surface area (Å²) in [5, 5.41) is 11.8. The van der Waals surface area contributed by atoms with E-state index in [1.165, 1.54) is 25.7 Å². The smallest absolute Gasteiger partial charge is 0.220 e. The number of aliphatic hydroxyl groups is 1. The highest BCUT2D eigenvalue weighted by Gasteiger charge is 2.20. The van der Waals surface area contributed by atoms with Gasteiger partial charge in [-0.1, -0.05) is 26.2 Å². The lowest BCUT2D eigenvalue weighted by Gasteiger charge is -2.22. The largest absolute Gasteiger partial charge is 0.396 e. The van der Waals surface area contributed by atoms with E-state index in [1.807, 2.05) is 0 Å². The predicted octanol–water partition coefficient (Wildman–Crippen LogP) is 2.23. The summed E-state index contributed by atoms with van der Waals surface area (Å²) in [5.41, 5.74) is 0. The number of amides is 1. The minimum absolute atomic E-state index is 0.159. The summed E-state index contributed by atoms with van der Waals surface area (Å²) in [6, 6.07) is 0.379. The fourth-order valence-corrected chi connectivity index (χ4v) is 2.38. The minimum Gasteiger partial charge on any atom is -0.396 e. The van der Waals surface area contributed by atoms with Gasteiger partial charge in [-0.3, -0.25) is 4.79 Å². The molecule has 0 aromatic heterocycles. The Bertz CT molecular complexity index is 206. The molecule has 2 unspecified atom stereocenters. The SMILES string of the molecule is CC1CCCCCC1NC(=O)CCCCO. The zero-order valence-electron chi connectivity index (χ0n) is 10.4. The van der Waals surface area contributed by atoms with Crippen LogP contribution in [-0.4, -0.2) is 23.7 Å². The van der Waals surface area contributed by atoms with Gasteiger partial charge in [0, 0.05) is 19.1 Å². The third-order valence-electron chi connectivity index (χ3n) is 3.52. The lowest BCUT2D eigenvalue weighted by molar-refractivity contribution is -0.122. The first-order valence-electron chi connectivity index (χ1n) is 6.64. The number of carbonyl (C=O) groups excluding carboxylic acids is 1. The normalized spacial score (nSPS) is 26.1. The summed E-state index contributed by atoms with van der Waals surface area (Å²) in [5.74, 6) is 0.775. The number of rotatable bonds is 5. The number of aliphatic hydroxyl groups excluding tert-OH is 1. The zero-order chi connectivity index (χ0) is 11.8. The molecule has 1 aliphatic carbocycles. The van der Waals surface area contributed by atoms with Crippen molar-refractivity contribution in [3.8, 4) is 0 Å². The van der Waals surface area contributed by atoms with Crippen molar-refractivity contribution in [1.82, 2.24) is 5.32 Å². The molecule has 2 atom stereocenters. The molecule has 1 rings (SSSR count). The van der Waals surface area contributed by atoms with Gasteiger partial charge in [0.05, 0.1) is 0 Å². The Balaban J connectivity index is 2.25. The fourth-order valence-electron chi connectivity index (χ4n) is 2.38. The highest BCUT2D eigenvalue weighted by molar-refractivity contribution is 5.76. The van der Waals surface area contributed by atoms with E-state index in [4.69, 9.17) is 5.11 Å². The summed E-state index contributed by atoms with van der Waals surface area (Å²) in [7, 11) is 0. The topological polar surface area (TPSA) is 49.3 Å². The molecule has 0 aromatic rings. The lowest BCUT2D eigenvalue weighted by Crippen LogP contribution is -2.38. The van der Waals surface area contributed by atoms with E-state index < -0.39 is 0 Å². The van der Waals surface area contributed by atoms with Crippen molar-refractivity contribution in [3.05, 3.63) is 0 Å². The summed E-state index contributed by atoms with van der Waals surface area (Å²) < 4.78 is 0. The average Bonchev–Trinajstić information content (AvgIpc) is 2.45. The maximum absolute atomic E-state index is 11.7. The molecule has 3 heteroatoms. The van der Waals surface area contributed by atoms with Crippen LogP contribution in [0, 0.1) is 5.92 Å². The van der Waals surface area contributed by atoms with Gasteiger partial charge in [0.2, 0.25) is 5.91 Å². The van der Waals surface area contributed by atoms with E-state index >= 15 is 0 Å². The third kappa shape index (κ3) is 4.97. The first-order chi connectivity index (χ1) is 7.74. The Morgan fingerprint density at radius 1 is 1.25 bits per heavy atom. The van der Waals surface area contributed by atoms with Crippen LogP contribution in [0.4, 0.5) is 0 Å². The molecule has 2 N–H and O–H groups in total. The van der Waals surface area contributed by atoms with Gasteiger partial charge >= 0.3 is 0 Å². The molecule has 0 heterocycles. The molecule has 0 aliphatic heterocycles. The van der Waals surface area contributed by atoms with Crippen molar-refractivity contribution in [2.45, 2.75) is 64.3 Å². The summed E-state index contributed by atoms with van der Waals surface area (Å²) in [6.07, 6.45) is 8.31. The van der Waals surface area contributed by atoms with Crippen molar-refractivity contribution in [2.75, 3.05) is 6.61 Å². The van der Waals surface area contributed by atoms with Gasteiger partial charge in [-0.25, -0.2) is 0 Å². The van der Waals surface area contributed by atoms with Crippen LogP contribution in [-0.2, 0) is 4.79 Å². The quantitative estimate of drug-likeness (QED) is 0.559. The number of hydrogen-bond donors (Lipinski definition) is 2. The average molecular weight is 227 g/mol. The Morgan fingerprint density at radius 2 is 2.00 bits per heavy atom. The molecular weight excluding hydrogens is 202 g/mol. The van der Waals surface area contributed by atoms with Crippen LogP contribution in [0.15, 0.2) is 0 Å². The molecule has 0 aromatic carbocycles. The molecule has 1 amide bonds. The Labute approximate surface area is 98.6 Å². The van der Waals surface area contributed by atoms with E-state index in [2.05, 4.69) is 12.2 Å². The monoisotopic (exact) mass is 227 g/mol. The second-order valence-corrected chi connectivity index (χ2v) is 4.97.